The SMILES string of the molecule is CCCCC1C(CC)C([C@]2(C)C=CC(=O)CCC2)=CCC1(C)CC(=O)C(=O)CCC. The summed E-state index contributed by atoms with van der Waals surface area (Å²) in [6, 6.07) is 0. The molecule has 0 fully saturated rings. The molecule has 2 aliphatic rings. The maximum Gasteiger partial charge on any atom is 0.198 e. The standard InChI is InChI=1S/C27H42O3/c1-6-9-13-22-21(8-3)23(26(4)16-10-12-20(28)14-17-26)15-18-27(22,5)19-25(30)24(29)11-7-2/h14-15,17,21-22H,6-13,16,18-19H2,1-5H3/t21?,22?,26-,27?/m0/s1. The fourth-order valence-electron chi connectivity index (χ4n) is 5.83. The second kappa shape index (κ2) is 10.7. The number of allylic oxidation sites excluding steroid dienone is 4. The number of carbonyl (C=O) groups is 3. The van der Waals surface area contributed by atoms with Gasteiger partial charge in [-0.15, -0.1) is 0 Å². The van der Waals surface area contributed by atoms with E-state index < -0.39 is 0 Å². The van der Waals surface area contributed by atoms with Crippen molar-refractivity contribution in [3.63, 3.8) is 0 Å². The second-order valence-electron chi connectivity index (χ2n) is 10.1. The van der Waals surface area contributed by atoms with Gasteiger partial charge in [-0.25, -0.2) is 0 Å². The Morgan fingerprint density at radius 3 is 2.47 bits per heavy atom. The summed E-state index contributed by atoms with van der Waals surface area (Å²) in [5.41, 5.74) is 1.21. The van der Waals surface area contributed by atoms with Crippen molar-refractivity contribution >= 4 is 17.3 Å². The van der Waals surface area contributed by atoms with Gasteiger partial charge in [-0.1, -0.05) is 65.2 Å². The Bertz CT molecular complexity index is 701. The maximum atomic E-state index is 12.7. The zero-order valence-electron chi connectivity index (χ0n) is 19.9. The topological polar surface area (TPSA) is 51.2 Å². The van der Waals surface area contributed by atoms with Crippen molar-refractivity contribution in [2.75, 3.05) is 0 Å². The van der Waals surface area contributed by atoms with Crippen molar-refractivity contribution in [1.82, 2.24) is 0 Å². The summed E-state index contributed by atoms with van der Waals surface area (Å²) in [4.78, 5) is 37.0. The van der Waals surface area contributed by atoms with Gasteiger partial charge in [0.15, 0.2) is 17.3 Å². The lowest BCUT2D eigenvalue weighted by molar-refractivity contribution is -0.138. The first-order valence-electron chi connectivity index (χ1n) is 12.2. The predicted octanol–water partition coefficient (Wildman–Crippen LogP) is 6.80. The number of hydrogen-bond acceptors (Lipinski definition) is 3. The van der Waals surface area contributed by atoms with Crippen LogP contribution in [-0.2, 0) is 14.4 Å². The van der Waals surface area contributed by atoms with E-state index in [4.69, 9.17) is 0 Å². The Balaban J connectivity index is 2.39. The van der Waals surface area contributed by atoms with Gasteiger partial charge in [0, 0.05) is 24.7 Å². The third-order valence-corrected chi connectivity index (χ3v) is 7.65. The zero-order valence-corrected chi connectivity index (χ0v) is 19.9. The Kier molecular flexibility index (Phi) is 8.82. The summed E-state index contributed by atoms with van der Waals surface area (Å²) in [7, 11) is 0. The molecule has 0 aromatic heterocycles. The second-order valence-corrected chi connectivity index (χ2v) is 10.1. The molecule has 3 heteroatoms. The fraction of sp³-hybridized carbons (Fsp3) is 0.741. The Morgan fingerprint density at radius 1 is 1.10 bits per heavy atom. The lowest BCUT2D eigenvalue weighted by Gasteiger charge is -2.49. The molecule has 0 aliphatic heterocycles. The van der Waals surface area contributed by atoms with Gasteiger partial charge < -0.3 is 0 Å². The van der Waals surface area contributed by atoms with E-state index in [0.717, 1.165) is 51.4 Å². The van der Waals surface area contributed by atoms with Crippen LogP contribution in [0.1, 0.15) is 105 Å². The summed E-state index contributed by atoms with van der Waals surface area (Å²) in [5, 5.41) is 0. The van der Waals surface area contributed by atoms with Crippen molar-refractivity contribution < 1.29 is 14.4 Å². The Labute approximate surface area is 183 Å². The van der Waals surface area contributed by atoms with E-state index in [1.165, 1.54) is 5.57 Å². The molecule has 3 nitrogen and oxygen atoms in total. The molecule has 0 saturated carbocycles. The lowest BCUT2D eigenvalue weighted by atomic mass is 9.55. The largest absolute Gasteiger partial charge is 0.295 e. The fourth-order valence-corrected chi connectivity index (χ4v) is 5.83. The summed E-state index contributed by atoms with van der Waals surface area (Å²) in [5.74, 6) is 0.638. The highest BCUT2D eigenvalue weighted by atomic mass is 16.2. The minimum atomic E-state index is -0.201. The Hall–Kier alpha value is -1.51. The average Bonchev–Trinajstić information content (AvgIpc) is 2.88. The van der Waals surface area contributed by atoms with Gasteiger partial charge in [0.1, 0.15) is 0 Å². The quantitative estimate of drug-likeness (QED) is 0.292. The van der Waals surface area contributed by atoms with Crippen LogP contribution in [-0.4, -0.2) is 17.3 Å². The summed E-state index contributed by atoms with van der Waals surface area (Å²) < 4.78 is 0. The highest BCUT2D eigenvalue weighted by Crippen LogP contribution is 2.55. The highest BCUT2D eigenvalue weighted by molar-refractivity contribution is 6.37. The molecule has 0 bridgehead atoms. The van der Waals surface area contributed by atoms with Crippen LogP contribution in [0.15, 0.2) is 23.8 Å². The molecule has 168 valence electrons. The number of hydrogen-bond donors (Lipinski definition) is 0. The minimum Gasteiger partial charge on any atom is -0.295 e. The first-order chi connectivity index (χ1) is 14.2. The van der Waals surface area contributed by atoms with Gasteiger partial charge in [-0.3, -0.25) is 14.4 Å². The van der Waals surface area contributed by atoms with Gasteiger partial charge in [0.25, 0.3) is 0 Å². The first kappa shape index (κ1) is 24.8. The molecule has 4 atom stereocenters. The van der Waals surface area contributed by atoms with Crippen LogP contribution in [0.5, 0.6) is 0 Å². The highest BCUT2D eigenvalue weighted by Gasteiger charge is 2.46. The van der Waals surface area contributed by atoms with Crippen LogP contribution >= 0.6 is 0 Å². The van der Waals surface area contributed by atoms with Gasteiger partial charge >= 0.3 is 0 Å². The smallest absolute Gasteiger partial charge is 0.198 e. The molecule has 0 spiro atoms. The van der Waals surface area contributed by atoms with E-state index in [9.17, 15) is 14.4 Å². The van der Waals surface area contributed by atoms with Crippen LogP contribution in [0.2, 0.25) is 0 Å². The average molecular weight is 415 g/mol. The maximum absolute atomic E-state index is 12.7. The van der Waals surface area contributed by atoms with Gasteiger partial charge in [0.05, 0.1) is 0 Å². The molecule has 2 aliphatic carbocycles. The normalized spacial score (nSPS) is 31.9. The number of unbranched alkanes of at least 4 members (excludes halogenated alkanes) is 1. The molecule has 0 aromatic rings. The monoisotopic (exact) mass is 414 g/mol. The van der Waals surface area contributed by atoms with E-state index in [2.05, 4.69) is 39.8 Å². The van der Waals surface area contributed by atoms with E-state index in [0.29, 0.717) is 31.1 Å². The van der Waals surface area contributed by atoms with Crippen LogP contribution in [0.25, 0.3) is 0 Å². The van der Waals surface area contributed by atoms with E-state index >= 15 is 0 Å². The number of rotatable bonds is 10. The van der Waals surface area contributed by atoms with Crippen molar-refractivity contribution in [1.29, 1.82) is 0 Å². The predicted molar refractivity (Wildman–Crippen MR) is 123 cm³/mol. The van der Waals surface area contributed by atoms with Crippen molar-refractivity contribution in [2.45, 2.75) is 105 Å². The molecular formula is C27H42O3. The van der Waals surface area contributed by atoms with Crippen molar-refractivity contribution in [3.05, 3.63) is 23.8 Å². The molecule has 0 aromatic carbocycles. The molecule has 0 heterocycles. The number of Topliss-reactive ketones (excluding diaryl/α,β-unsaturated/α-hetero) is 2. The summed E-state index contributed by atoms with van der Waals surface area (Å²) >= 11 is 0. The van der Waals surface area contributed by atoms with Crippen LogP contribution in [0, 0.1) is 22.7 Å². The molecule has 30 heavy (non-hydrogen) atoms. The first-order valence-corrected chi connectivity index (χ1v) is 12.2. The molecular weight excluding hydrogens is 372 g/mol. The third kappa shape index (κ3) is 5.59. The van der Waals surface area contributed by atoms with Gasteiger partial charge in [-0.2, -0.15) is 0 Å². The van der Waals surface area contributed by atoms with Crippen molar-refractivity contribution in [2.24, 2.45) is 22.7 Å². The molecule has 0 saturated heterocycles. The summed E-state index contributed by atoms with van der Waals surface area (Å²) in [6.07, 6.45) is 15.6. The molecule has 3 unspecified atom stereocenters. The van der Waals surface area contributed by atoms with Gasteiger partial charge in [0.2, 0.25) is 0 Å². The van der Waals surface area contributed by atoms with Crippen LogP contribution in [0.3, 0.4) is 0 Å². The van der Waals surface area contributed by atoms with E-state index in [1.54, 1.807) is 6.08 Å². The van der Waals surface area contributed by atoms with Crippen LogP contribution < -0.4 is 0 Å². The van der Waals surface area contributed by atoms with E-state index in [1.807, 2.05) is 6.92 Å². The van der Waals surface area contributed by atoms with Gasteiger partial charge in [-0.05, 0) is 61.9 Å². The number of carbonyl (C=O) groups excluding carboxylic acids is 3. The third-order valence-electron chi connectivity index (χ3n) is 7.65. The van der Waals surface area contributed by atoms with E-state index in [-0.39, 0.29) is 28.2 Å². The lowest BCUT2D eigenvalue weighted by Crippen LogP contribution is -2.42. The van der Waals surface area contributed by atoms with Crippen molar-refractivity contribution in [3.8, 4) is 0 Å². The molecule has 0 amide bonds. The van der Waals surface area contributed by atoms with Crippen LogP contribution in [0.4, 0.5) is 0 Å². The zero-order chi connectivity index (χ0) is 22.4. The Morgan fingerprint density at radius 2 is 1.83 bits per heavy atom. The number of ketones is 3. The molecule has 2 rings (SSSR count). The summed E-state index contributed by atoms with van der Waals surface area (Å²) in [6.45, 7) is 10.9. The molecule has 0 radical (unpaired) electrons. The minimum absolute atomic E-state index is 0.0827. The molecule has 0 N–H and O–H groups in total.